The second-order valence-corrected chi connectivity index (χ2v) is 6.10. The maximum Gasteiger partial charge on any atom is 0.0897 e. The first-order chi connectivity index (χ1) is 7.31. The number of hydrogen-bond acceptors (Lipinski definition) is 4. The van der Waals surface area contributed by atoms with Crippen molar-refractivity contribution in [2.24, 2.45) is 5.92 Å². The molecular weight excluding hydrogens is 220 g/mol. The first kappa shape index (κ1) is 13.6. The van der Waals surface area contributed by atoms with E-state index in [-0.39, 0.29) is 5.92 Å². The number of thiazole rings is 1. The van der Waals surface area contributed by atoms with Gasteiger partial charge in [0.05, 0.1) is 16.3 Å². The maximum absolute atomic E-state index is 10.2. The van der Waals surface area contributed by atoms with Crippen LogP contribution in [0, 0.1) is 12.8 Å². The zero-order valence-corrected chi connectivity index (χ0v) is 11.6. The highest BCUT2D eigenvalue weighted by molar-refractivity contribution is 7.09. The normalized spacial score (nSPS) is 15.8. The van der Waals surface area contributed by atoms with E-state index >= 15 is 0 Å². The first-order valence-electron chi connectivity index (χ1n) is 5.63. The van der Waals surface area contributed by atoms with Crippen molar-refractivity contribution in [3.8, 4) is 0 Å². The van der Waals surface area contributed by atoms with Crippen LogP contribution in [0.4, 0.5) is 0 Å². The van der Waals surface area contributed by atoms with E-state index in [9.17, 15) is 5.11 Å². The average Bonchev–Trinajstić information content (AvgIpc) is 2.49. The Morgan fingerprint density at radius 2 is 2.19 bits per heavy atom. The molecule has 1 aromatic heterocycles. The van der Waals surface area contributed by atoms with Gasteiger partial charge in [0.25, 0.3) is 0 Å². The van der Waals surface area contributed by atoms with E-state index in [0.29, 0.717) is 6.54 Å². The quantitative estimate of drug-likeness (QED) is 0.860. The van der Waals surface area contributed by atoms with Crippen molar-refractivity contribution in [3.63, 3.8) is 0 Å². The summed E-state index contributed by atoms with van der Waals surface area (Å²) in [6, 6.07) is 0. The molecule has 1 rings (SSSR count). The van der Waals surface area contributed by atoms with E-state index in [0.717, 1.165) is 17.2 Å². The average molecular weight is 242 g/mol. The SMILES string of the molecule is Cc1nc(CN(C)CC(C)(O)C(C)C)cs1. The van der Waals surface area contributed by atoms with Gasteiger partial charge < -0.3 is 5.11 Å². The monoisotopic (exact) mass is 242 g/mol. The van der Waals surface area contributed by atoms with Crippen LogP contribution in [0.3, 0.4) is 0 Å². The smallest absolute Gasteiger partial charge is 0.0897 e. The third-order valence-corrected chi connectivity index (χ3v) is 3.75. The molecule has 1 unspecified atom stereocenters. The van der Waals surface area contributed by atoms with Gasteiger partial charge >= 0.3 is 0 Å². The number of aryl methyl sites for hydroxylation is 1. The summed E-state index contributed by atoms with van der Waals surface area (Å²) < 4.78 is 0. The molecule has 0 radical (unpaired) electrons. The number of aliphatic hydroxyl groups is 1. The van der Waals surface area contributed by atoms with Gasteiger partial charge in [0, 0.05) is 18.5 Å². The highest BCUT2D eigenvalue weighted by Crippen LogP contribution is 2.18. The summed E-state index contributed by atoms with van der Waals surface area (Å²) in [6.45, 7) is 9.45. The number of rotatable bonds is 5. The number of nitrogens with zero attached hydrogens (tertiary/aromatic N) is 2. The van der Waals surface area contributed by atoms with Crippen molar-refractivity contribution >= 4 is 11.3 Å². The van der Waals surface area contributed by atoms with Gasteiger partial charge in [-0.25, -0.2) is 4.98 Å². The highest BCUT2D eigenvalue weighted by atomic mass is 32.1. The summed E-state index contributed by atoms with van der Waals surface area (Å²) in [5.41, 5.74) is 0.448. The molecule has 0 saturated heterocycles. The molecule has 0 aliphatic heterocycles. The van der Waals surface area contributed by atoms with Crippen LogP contribution in [0.2, 0.25) is 0 Å². The van der Waals surface area contributed by atoms with Crippen molar-refractivity contribution in [1.82, 2.24) is 9.88 Å². The Balaban J connectivity index is 2.50. The zero-order chi connectivity index (χ0) is 12.3. The van der Waals surface area contributed by atoms with Crippen LogP contribution in [0.5, 0.6) is 0 Å². The van der Waals surface area contributed by atoms with Crippen molar-refractivity contribution < 1.29 is 5.11 Å². The van der Waals surface area contributed by atoms with E-state index in [1.54, 1.807) is 11.3 Å². The Bertz CT molecular complexity index is 334. The molecule has 1 heterocycles. The molecule has 1 N–H and O–H groups in total. The van der Waals surface area contributed by atoms with E-state index in [1.807, 2.05) is 34.7 Å². The third kappa shape index (κ3) is 3.85. The fourth-order valence-electron chi connectivity index (χ4n) is 1.54. The van der Waals surface area contributed by atoms with E-state index in [1.165, 1.54) is 0 Å². The summed E-state index contributed by atoms with van der Waals surface area (Å²) in [5, 5.41) is 13.4. The molecule has 0 fully saturated rings. The number of hydrogen-bond donors (Lipinski definition) is 1. The summed E-state index contributed by atoms with van der Waals surface area (Å²) in [7, 11) is 2.02. The van der Waals surface area contributed by atoms with E-state index in [2.05, 4.69) is 15.3 Å². The molecule has 0 aromatic carbocycles. The Kier molecular flexibility index (Phi) is 4.47. The van der Waals surface area contributed by atoms with Crippen LogP contribution in [0.25, 0.3) is 0 Å². The Morgan fingerprint density at radius 3 is 2.62 bits per heavy atom. The van der Waals surface area contributed by atoms with Crippen LogP contribution in [-0.4, -0.2) is 34.2 Å². The predicted octanol–water partition coefficient (Wildman–Crippen LogP) is 2.29. The van der Waals surface area contributed by atoms with Gasteiger partial charge in [0.2, 0.25) is 0 Å². The topological polar surface area (TPSA) is 36.4 Å². The van der Waals surface area contributed by atoms with Crippen molar-refractivity contribution in [2.45, 2.75) is 39.8 Å². The van der Waals surface area contributed by atoms with Crippen molar-refractivity contribution in [1.29, 1.82) is 0 Å². The zero-order valence-electron chi connectivity index (χ0n) is 10.8. The van der Waals surface area contributed by atoms with Crippen LogP contribution in [0.15, 0.2) is 5.38 Å². The molecule has 0 bridgehead atoms. The fourth-order valence-corrected chi connectivity index (χ4v) is 2.15. The first-order valence-corrected chi connectivity index (χ1v) is 6.51. The molecule has 0 spiro atoms. The molecule has 16 heavy (non-hydrogen) atoms. The Hall–Kier alpha value is -0.450. The molecule has 92 valence electrons. The predicted molar refractivity (Wildman–Crippen MR) is 68.6 cm³/mol. The minimum atomic E-state index is -0.639. The van der Waals surface area contributed by atoms with Crippen LogP contribution < -0.4 is 0 Å². The standard InChI is InChI=1S/C12H22N2OS/c1-9(2)12(4,15)8-14(5)6-11-7-16-10(3)13-11/h7,9,15H,6,8H2,1-5H3. The lowest BCUT2D eigenvalue weighted by Gasteiger charge is -2.32. The van der Waals surface area contributed by atoms with Gasteiger partial charge in [-0.2, -0.15) is 0 Å². The molecule has 3 nitrogen and oxygen atoms in total. The van der Waals surface area contributed by atoms with Crippen LogP contribution in [0.1, 0.15) is 31.5 Å². The molecule has 0 amide bonds. The van der Waals surface area contributed by atoms with Crippen LogP contribution in [-0.2, 0) is 6.54 Å². The highest BCUT2D eigenvalue weighted by Gasteiger charge is 2.26. The molecule has 0 saturated carbocycles. The number of likely N-dealkylation sites (N-methyl/N-ethyl adjacent to an activating group) is 1. The molecule has 0 aliphatic rings. The molecule has 4 heteroatoms. The minimum absolute atomic E-state index is 0.257. The lowest BCUT2D eigenvalue weighted by molar-refractivity contribution is -0.0148. The van der Waals surface area contributed by atoms with E-state index in [4.69, 9.17) is 0 Å². The molecular formula is C12H22N2OS. The van der Waals surface area contributed by atoms with Gasteiger partial charge in [0.1, 0.15) is 0 Å². The Morgan fingerprint density at radius 1 is 1.56 bits per heavy atom. The lowest BCUT2D eigenvalue weighted by Crippen LogP contribution is -2.42. The minimum Gasteiger partial charge on any atom is -0.389 e. The lowest BCUT2D eigenvalue weighted by atomic mass is 9.92. The van der Waals surface area contributed by atoms with Gasteiger partial charge in [0.15, 0.2) is 0 Å². The summed E-state index contributed by atoms with van der Waals surface area (Å²) in [4.78, 5) is 6.54. The van der Waals surface area contributed by atoms with Crippen LogP contribution >= 0.6 is 11.3 Å². The number of aromatic nitrogens is 1. The second kappa shape index (κ2) is 5.25. The molecule has 1 aromatic rings. The summed E-state index contributed by atoms with van der Waals surface area (Å²) >= 11 is 1.67. The van der Waals surface area contributed by atoms with E-state index < -0.39 is 5.60 Å². The van der Waals surface area contributed by atoms with Gasteiger partial charge in [-0.3, -0.25) is 4.90 Å². The largest absolute Gasteiger partial charge is 0.389 e. The second-order valence-electron chi connectivity index (χ2n) is 5.04. The Labute approximate surface area is 102 Å². The summed E-state index contributed by atoms with van der Waals surface area (Å²) in [6.07, 6.45) is 0. The third-order valence-electron chi connectivity index (χ3n) is 2.93. The molecule has 1 atom stereocenters. The molecule has 0 aliphatic carbocycles. The maximum atomic E-state index is 10.2. The fraction of sp³-hybridized carbons (Fsp3) is 0.750. The van der Waals surface area contributed by atoms with Gasteiger partial charge in [-0.05, 0) is 26.8 Å². The summed E-state index contributed by atoms with van der Waals surface area (Å²) in [5.74, 6) is 0.257. The van der Waals surface area contributed by atoms with Gasteiger partial charge in [-0.15, -0.1) is 11.3 Å². The van der Waals surface area contributed by atoms with Crippen molar-refractivity contribution in [3.05, 3.63) is 16.1 Å². The van der Waals surface area contributed by atoms with Crippen molar-refractivity contribution in [2.75, 3.05) is 13.6 Å². The van der Waals surface area contributed by atoms with Gasteiger partial charge in [-0.1, -0.05) is 13.8 Å².